The van der Waals surface area contributed by atoms with E-state index in [2.05, 4.69) is 15.6 Å². The van der Waals surface area contributed by atoms with Crippen molar-refractivity contribution in [3.05, 3.63) is 23.9 Å². The summed E-state index contributed by atoms with van der Waals surface area (Å²) < 4.78 is 5.34. The number of pyridine rings is 1. The van der Waals surface area contributed by atoms with Gasteiger partial charge in [-0.1, -0.05) is 6.07 Å². The van der Waals surface area contributed by atoms with E-state index >= 15 is 0 Å². The molecule has 5 heteroatoms. The molecule has 1 unspecified atom stereocenters. The van der Waals surface area contributed by atoms with Crippen molar-refractivity contribution in [2.24, 2.45) is 0 Å². The molecule has 0 aliphatic rings. The van der Waals surface area contributed by atoms with Gasteiger partial charge in [-0.3, -0.25) is 4.79 Å². The van der Waals surface area contributed by atoms with Crippen LogP contribution in [0.2, 0.25) is 0 Å². The number of anilines is 1. The van der Waals surface area contributed by atoms with Crippen LogP contribution in [0.15, 0.2) is 18.2 Å². The number of nitrogens with zero attached hydrogens (tertiary/aromatic N) is 1. The van der Waals surface area contributed by atoms with E-state index in [-0.39, 0.29) is 12.0 Å². The zero-order valence-electron chi connectivity index (χ0n) is 11.2. The lowest BCUT2D eigenvalue weighted by atomic mass is 10.3. The lowest BCUT2D eigenvalue weighted by Gasteiger charge is -2.12. The SMILES string of the molecule is CCNc1cccc(C(=O)NCC(C)OCC)n1. The number of amides is 1. The maximum absolute atomic E-state index is 11.9. The van der Waals surface area contributed by atoms with Crippen LogP contribution in [0.1, 0.15) is 31.3 Å². The average Bonchev–Trinajstić information content (AvgIpc) is 2.37. The summed E-state index contributed by atoms with van der Waals surface area (Å²) in [5.74, 6) is 0.532. The van der Waals surface area contributed by atoms with Crippen molar-refractivity contribution >= 4 is 11.7 Å². The van der Waals surface area contributed by atoms with E-state index in [9.17, 15) is 4.79 Å². The summed E-state index contributed by atoms with van der Waals surface area (Å²) in [5, 5.41) is 5.87. The maximum Gasteiger partial charge on any atom is 0.270 e. The van der Waals surface area contributed by atoms with Crippen LogP contribution >= 0.6 is 0 Å². The van der Waals surface area contributed by atoms with Gasteiger partial charge in [-0.25, -0.2) is 4.98 Å². The van der Waals surface area contributed by atoms with Gasteiger partial charge in [0.2, 0.25) is 0 Å². The molecule has 0 aliphatic heterocycles. The normalized spacial score (nSPS) is 11.9. The highest BCUT2D eigenvalue weighted by molar-refractivity contribution is 5.92. The molecule has 1 aromatic heterocycles. The summed E-state index contributed by atoms with van der Waals surface area (Å²) in [6.45, 7) is 7.74. The molecule has 0 fully saturated rings. The zero-order valence-corrected chi connectivity index (χ0v) is 11.2. The van der Waals surface area contributed by atoms with Crippen LogP contribution in [-0.4, -0.2) is 36.7 Å². The van der Waals surface area contributed by atoms with Crippen molar-refractivity contribution in [2.75, 3.05) is 25.0 Å². The standard InChI is InChI=1S/C13H21N3O2/c1-4-14-12-8-6-7-11(16-12)13(17)15-9-10(3)18-5-2/h6-8,10H,4-5,9H2,1-3H3,(H,14,16)(H,15,17). The Kier molecular flexibility index (Phi) is 6.14. The van der Waals surface area contributed by atoms with Gasteiger partial charge in [0.05, 0.1) is 6.10 Å². The molecule has 0 saturated carbocycles. The first kappa shape index (κ1) is 14.4. The third-order valence-electron chi connectivity index (χ3n) is 2.34. The van der Waals surface area contributed by atoms with E-state index in [0.29, 0.717) is 24.7 Å². The Morgan fingerprint density at radius 3 is 2.89 bits per heavy atom. The van der Waals surface area contributed by atoms with Crippen LogP contribution in [0.5, 0.6) is 0 Å². The van der Waals surface area contributed by atoms with Crippen LogP contribution in [0, 0.1) is 0 Å². The molecular weight excluding hydrogens is 230 g/mol. The molecule has 18 heavy (non-hydrogen) atoms. The second-order valence-corrected chi connectivity index (χ2v) is 3.91. The largest absolute Gasteiger partial charge is 0.377 e. The molecule has 1 atom stereocenters. The van der Waals surface area contributed by atoms with E-state index in [1.807, 2.05) is 32.9 Å². The molecule has 0 saturated heterocycles. The zero-order chi connectivity index (χ0) is 13.4. The van der Waals surface area contributed by atoms with E-state index in [1.165, 1.54) is 0 Å². The van der Waals surface area contributed by atoms with Crippen LogP contribution in [0.25, 0.3) is 0 Å². The smallest absolute Gasteiger partial charge is 0.270 e. The van der Waals surface area contributed by atoms with Gasteiger partial charge < -0.3 is 15.4 Å². The molecule has 100 valence electrons. The number of aromatic nitrogens is 1. The highest BCUT2D eigenvalue weighted by Crippen LogP contribution is 2.04. The molecule has 5 nitrogen and oxygen atoms in total. The summed E-state index contributed by atoms with van der Waals surface area (Å²) in [4.78, 5) is 16.1. The molecule has 0 aliphatic carbocycles. The molecule has 1 heterocycles. The minimum atomic E-state index is -0.179. The average molecular weight is 251 g/mol. The molecule has 0 spiro atoms. The fourth-order valence-electron chi connectivity index (χ4n) is 1.51. The van der Waals surface area contributed by atoms with E-state index in [4.69, 9.17) is 4.74 Å². The van der Waals surface area contributed by atoms with Crippen molar-refractivity contribution in [2.45, 2.75) is 26.9 Å². The third-order valence-corrected chi connectivity index (χ3v) is 2.34. The third kappa shape index (κ3) is 4.71. The molecule has 0 aromatic carbocycles. The second kappa shape index (κ2) is 7.66. The summed E-state index contributed by atoms with van der Waals surface area (Å²) in [7, 11) is 0. The Labute approximate surface area is 108 Å². The Morgan fingerprint density at radius 2 is 2.22 bits per heavy atom. The summed E-state index contributed by atoms with van der Waals surface area (Å²) in [5.41, 5.74) is 0.414. The van der Waals surface area contributed by atoms with Crippen molar-refractivity contribution in [3.8, 4) is 0 Å². The van der Waals surface area contributed by atoms with Gasteiger partial charge in [-0.05, 0) is 32.9 Å². The van der Waals surface area contributed by atoms with Crippen LogP contribution in [0.4, 0.5) is 5.82 Å². The van der Waals surface area contributed by atoms with Gasteiger partial charge in [0.1, 0.15) is 11.5 Å². The van der Waals surface area contributed by atoms with Gasteiger partial charge in [0.25, 0.3) is 5.91 Å². The van der Waals surface area contributed by atoms with Crippen molar-refractivity contribution in [1.82, 2.24) is 10.3 Å². The Balaban J connectivity index is 2.53. The van der Waals surface area contributed by atoms with Gasteiger partial charge in [-0.2, -0.15) is 0 Å². The van der Waals surface area contributed by atoms with Crippen molar-refractivity contribution < 1.29 is 9.53 Å². The number of carbonyl (C=O) groups is 1. The summed E-state index contributed by atoms with van der Waals surface area (Å²) in [6.07, 6.45) is 0.0101. The lowest BCUT2D eigenvalue weighted by Crippen LogP contribution is -2.32. The van der Waals surface area contributed by atoms with Crippen LogP contribution in [-0.2, 0) is 4.74 Å². The lowest BCUT2D eigenvalue weighted by molar-refractivity contribution is 0.0693. The first-order valence-corrected chi connectivity index (χ1v) is 6.28. The Hall–Kier alpha value is -1.62. The number of hydrogen-bond acceptors (Lipinski definition) is 4. The van der Waals surface area contributed by atoms with Gasteiger partial charge >= 0.3 is 0 Å². The number of ether oxygens (including phenoxy) is 1. The number of hydrogen-bond donors (Lipinski definition) is 2. The number of nitrogens with one attached hydrogen (secondary N) is 2. The fourth-order valence-corrected chi connectivity index (χ4v) is 1.51. The highest BCUT2D eigenvalue weighted by Gasteiger charge is 2.09. The van der Waals surface area contributed by atoms with Crippen molar-refractivity contribution in [3.63, 3.8) is 0 Å². The molecule has 0 radical (unpaired) electrons. The highest BCUT2D eigenvalue weighted by atomic mass is 16.5. The van der Waals surface area contributed by atoms with Gasteiger partial charge in [0, 0.05) is 19.7 Å². The molecule has 1 amide bonds. The van der Waals surface area contributed by atoms with Gasteiger partial charge in [-0.15, -0.1) is 0 Å². The second-order valence-electron chi connectivity index (χ2n) is 3.91. The molecule has 0 bridgehead atoms. The molecule has 1 aromatic rings. The fraction of sp³-hybridized carbons (Fsp3) is 0.538. The Bertz CT molecular complexity index is 382. The summed E-state index contributed by atoms with van der Waals surface area (Å²) in [6, 6.07) is 5.34. The molecule has 2 N–H and O–H groups in total. The first-order valence-electron chi connectivity index (χ1n) is 6.28. The number of rotatable bonds is 7. The summed E-state index contributed by atoms with van der Waals surface area (Å²) >= 11 is 0. The van der Waals surface area contributed by atoms with Crippen LogP contribution < -0.4 is 10.6 Å². The molecule has 1 rings (SSSR count). The topological polar surface area (TPSA) is 63.2 Å². The van der Waals surface area contributed by atoms with E-state index < -0.39 is 0 Å². The monoisotopic (exact) mass is 251 g/mol. The van der Waals surface area contributed by atoms with Crippen molar-refractivity contribution in [1.29, 1.82) is 0 Å². The van der Waals surface area contributed by atoms with Gasteiger partial charge in [0.15, 0.2) is 0 Å². The first-order chi connectivity index (χ1) is 8.67. The minimum absolute atomic E-state index is 0.0101. The molecular formula is C13H21N3O2. The van der Waals surface area contributed by atoms with Crippen LogP contribution in [0.3, 0.4) is 0 Å². The predicted molar refractivity (Wildman–Crippen MR) is 71.8 cm³/mol. The maximum atomic E-state index is 11.9. The predicted octanol–water partition coefficient (Wildman–Crippen LogP) is 1.67. The van der Waals surface area contributed by atoms with E-state index in [0.717, 1.165) is 6.54 Å². The minimum Gasteiger partial charge on any atom is -0.377 e. The Morgan fingerprint density at radius 1 is 1.44 bits per heavy atom. The quantitative estimate of drug-likeness (QED) is 0.773. The number of carbonyl (C=O) groups excluding carboxylic acids is 1. The van der Waals surface area contributed by atoms with E-state index in [1.54, 1.807) is 6.07 Å².